The van der Waals surface area contributed by atoms with Gasteiger partial charge in [-0.15, -0.1) is 0 Å². The van der Waals surface area contributed by atoms with Gasteiger partial charge in [-0.05, 0) is 45.2 Å². The molecule has 2 aromatic rings. The van der Waals surface area contributed by atoms with E-state index >= 15 is 0 Å². The Labute approximate surface area is 204 Å². The first-order chi connectivity index (χ1) is 16.4. The van der Waals surface area contributed by atoms with Crippen molar-refractivity contribution in [2.75, 3.05) is 7.05 Å². The number of hydrogen-bond acceptors (Lipinski definition) is 4. The molecule has 0 fully saturated rings. The number of rotatable bonds is 11. The highest BCUT2D eigenvalue weighted by atomic mass is 19.1. The number of carbonyl (C=O) groups is 3. The van der Waals surface area contributed by atoms with E-state index in [1.807, 2.05) is 27.7 Å². The first-order valence-electron chi connectivity index (χ1n) is 11.7. The Morgan fingerprint density at radius 1 is 1.09 bits per heavy atom. The summed E-state index contributed by atoms with van der Waals surface area (Å²) in [6.07, 6.45) is 2.10. The van der Waals surface area contributed by atoms with E-state index in [9.17, 15) is 23.2 Å². The van der Waals surface area contributed by atoms with Crippen LogP contribution in [0, 0.1) is 17.6 Å². The van der Waals surface area contributed by atoms with Crippen LogP contribution in [-0.4, -0.2) is 51.7 Å². The third-order valence-electron chi connectivity index (χ3n) is 5.73. The highest BCUT2D eigenvalue weighted by Gasteiger charge is 2.28. The molecule has 0 spiro atoms. The largest absolute Gasteiger partial charge is 0.345 e. The molecule has 0 aliphatic heterocycles. The summed E-state index contributed by atoms with van der Waals surface area (Å²) in [7, 11) is 1.64. The molecule has 3 N–H and O–H groups in total. The molecule has 0 radical (unpaired) electrons. The van der Waals surface area contributed by atoms with Crippen LogP contribution < -0.4 is 10.6 Å². The number of aromatic amines is 1. The van der Waals surface area contributed by atoms with Crippen LogP contribution >= 0.6 is 0 Å². The Kier molecular flexibility index (Phi) is 9.91. The number of halogens is 2. The molecule has 192 valence electrons. The summed E-state index contributed by atoms with van der Waals surface area (Å²) in [4.78, 5) is 46.8. The van der Waals surface area contributed by atoms with Crippen LogP contribution in [-0.2, 0) is 14.4 Å². The van der Waals surface area contributed by atoms with E-state index in [0.29, 0.717) is 23.9 Å². The standard InChI is InChI=1S/C25H35F2N5O3/c1-14(2)7-10-22(33)30-20(12-23(34)32(6)15(3)4)25(35)29-16(5)24-28-13-21(31-24)18-9-8-17(26)11-19(18)27/h8-9,11,13-16,20H,7,10,12H2,1-6H3,(H,28,31)(H,29,35)(H,30,33)/t16-,20?/m0/s1. The first-order valence-corrected chi connectivity index (χ1v) is 11.7. The van der Waals surface area contributed by atoms with Gasteiger partial charge in [0.2, 0.25) is 17.7 Å². The van der Waals surface area contributed by atoms with Crippen molar-refractivity contribution in [2.24, 2.45) is 5.92 Å². The number of nitrogens with one attached hydrogen (secondary N) is 3. The van der Waals surface area contributed by atoms with Gasteiger partial charge in [0, 0.05) is 31.1 Å². The highest BCUT2D eigenvalue weighted by molar-refractivity contribution is 5.92. The van der Waals surface area contributed by atoms with Crippen molar-refractivity contribution in [3.63, 3.8) is 0 Å². The summed E-state index contributed by atoms with van der Waals surface area (Å²) >= 11 is 0. The number of benzene rings is 1. The predicted molar refractivity (Wildman–Crippen MR) is 129 cm³/mol. The van der Waals surface area contributed by atoms with Gasteiger partial charge in [0.1, 0.15) is 23.5 Å². The number of carbonyl (C=O) groups excluding carboxylic acids is 3. The number of hydrogen-bond donors (Lipinski definition) is 3. The Morgan fingerprint density at radius 2 is 1.77 bits per heavy atom. The van der Waals surface area contributed by atoms with Crippen molar-refractivity contribution in [1.29, 1.82) is 0 Å². The second kappa shape index (κ2) is 12.4. The lowest BCUT2D eigenvalue weighted by atomic mass is 10.1. The Bertz CT molecular complexity index is 1040. The molecule has 10 heteroatoms. The van der Waals surface area contributed by atoms with E-state index in [1.54, 1.807) is 14.0 Å². The van der Waals surface area contributed by atoms with Gasteiger partial charge in [-0.1, -0.05) is 13.8 Å². The monoisotopic (exact) mass is 491 g/mol. The molecule has 1 aromatic carbocycles. The Balaban J connectivity index is 2.14. The van der Waals surface area contributed by atoms with Crippen molar-refractivity contribution in [2.45, 2.75) is 72.0 Å². The summed E-state index contributed by atoms with van der Waals surface area (Å²) in [5.74, 6) is -1.89. The van der Waals surface area contributed by atoms with Gasteiger partial charge in [0.05, 0.1) is 24.4 Å². The van der Waals surface area contributed by atoms with Gasteiger partial charge in [-0.3, -0.25) is 14.4 Å². The average molecular weight is 492 g/mol. The van der Waals surface area contributed by atoms with Crippen LogP contribution in [0.3, 0.4) is 0 Å². The zero-order chi connectivity index (χ0) is 26.3. The van der Waals surface area contributed by atoms with Gasteiger partial charge < -0.3 is 20.5 Å². The van der Waals surface area contributed by atoms with E-state index in [2.05, 4.69) is 20.6 Å². The molecule has 2 atom stereocenters. The molecule has 0 aliphatic carbocycles. The molecule has 0 bridgehead atoms. The molecule has 1 aromatic heterocycles. The molecule has 8 nitrogen and oxygen atoms in total. The van der Waals surface area contributed by atoms with Crippen LogP contribution in [0.1, 0.15) is 65.7 Å². The van der Waals surface area contributed by atoms with E-state index < -0.39 is 29.6 Å². The number of imidazole rings is 1. The van der Waals surface area contributed by atoms with Gasteiger partial charge in [0.25, 0.3) is 0 Å². The molecule has 0 saturated carbocycles. The van der Waals surface area contributed by atoms with Crippen molar-refractivity contribution in [3.8, 4) is 11.3 Å². The van der Waals surface area contributed by atoms with Gasteiger partial charge in [-0.2, -0.15) is 0 Å². The van der Waals surface area contributed by atoms with Gasteiger partial charge in [-0.25, -0.2) is 13.8 Å². The van der Waals surface area contributed by atoms with Crippen LogP contribution in [0.25, 0.3) is 11.3 Å². The molecular weight excluding hydrogens is 456 g/mol. The molecule has 1 heterocycles. The Morgan fingerprint density at radius 3 is 2.37 bits per heavy atom. The topological polar surface area (TPSA) is 107 Å². The van der Waals surface area contributed by atoms with Crippen molar-refractivity contribution in [1.82, 2.24) is 25.5 Å². The molecule has 0 aliphatic rings. The fourth-order valence-corrected chi connectivity index (χ4v) is 3.29. The minimum Gasteiger partial charge on any atom is -0.345 e. The number of nitrogens with zero attached hydrogens (tertiary/aromatic N) is 2. The molecule has 0 saturated heterocycles. The number of H-pyrrole nitrogens is 1. The first kappa shape index (κ1) is 27.9. The average Bonchev–Trinajstić information content (AvgIpc) is 3.26. The Hall–Kier alpha value is -3.30. The smallest absolute Gasteiger partial charge is 0.243 e. The van der Waals surface area contributed by atoms with Gasteiger partial charge in [0.15, 0.2) is 0 Å². The second-order valence-corrected chi connectivity index (χ2v) is 9.39. The summed E-state index contributed by atoms with van der Waals surface area (Å²) in [5, 5.41) is 5.44. The minimum absolute atomic E-state index is 0.0600. The minimum atomic E-state index is -1.06. The zero-order valence-corrected chi connectivity index (χ0v) is 21.1. The molecule has 2 rings (SSSR count). The fourth-order valence-electron chi connectivity index (χ4n) is 3.29. The maximum Gasteiger partial charge on any atom is 0.243 e. The van der Waals surface area contributed by atoms with E-state index in [-0.39, 0.29) is 36.3 Å². The summed E-state index contributed by atoms with van der Waals surface area (Å²) < 4.78 is 27.3. The van der Waals surface area contributed by atoms with Crippen LogP contribution in [0.15, 0.2) is 24.4 Å². The summed E-state index contributed by atoms with van der Waals surface area (Å²) in [6, 6.07) is 1.46. The van der Waals surface area contributed by atoms with Crippen molar-refractivity contribution >= 4 is 17.7 Å². The lowest BCUT2D eigenvalue weighted by Crippen LogP contribution is -2.50. The highest BCUT2D eigenvalue weighted by Crippen LogP contribution is 2.23. The maximum absolute atomic E-state index is 14.1. The van der Waals surface area contributed by atoms with E-state index in [0.717, 1.165) is 12.1 Å². The summed E-state index contributed by atoms with van der Waals surface area (Å²) in [6.45, 7) is 9.37. The third-order valence-corrected chi connectivity index (χ3v) is 5.73. The normalized spacial score (nSPS) is 13.0. The second-order valence-electron chi connectivity index (χ2n) is 9.39. The predicted octanol–water partition coefficient (Wildman–Crippen LogP) is 3.71. The molecule has 3 amide bonds. The molecular formula is C25H35F2N5O3. The summed E-state index contributed by atoms with van der Waals surface area (Å²) in [5.41, 5.74) is 0.465. The van der Waals surface area contributed by atoms with E-state index in [1.165, 1.54) is 17.2 Å². The quantitative estimate of drug-likeness (QED) is 0.445. The fraction of sp³-hybridized carbons (Fsp3) is 0.520. The SMILES string of the molecule is CC(C)CCC(=O)NC(CC(=O)N(C)C(C)C)C(=O)N[C@@H](C)c1ncc(-c2ccc(F)cc2F)[nH]1. The third kappa shape index (κ3) is 8.15. The lowest BCUT2D eigenvalue weighted by molar-refractivity contribution is -0.136. The number of amides is 3. The molecule has 35 heavy (non-hydrogen) atoms. The van der Waals surface area contributed by atoms with Crippen molar-refractivity contribution < 1.29 is 23.2 Å². The maximum atomic E-state index is 14.1. The van der Waals surface area contributed by atoms with E-state index in [4.69, 9.17) is 0 Å². The van der Waals surface area contributed by atoms with Crippen LogP contribution in [0.2, 0.25) is 0 Å². The van der Waals surface area contributed by atoms with Crippen LogP contribution in [0.5, 0.6) is 0 Å². The molecule has 1 unspecified atom stereocenters. The lowest BCUT2D eigenvalue weighted by Gasteiger charge is -2.25. The number of aromatic nitrogens is 2. The zero-order valence-electron chi connectivity index (χ0n) is 21.1. The van der Waals surface area contributed by atoms with Crippen LogP contribution in [0.4, 0.5) is 8.78 Å². The van der Waals surface area contributed by atoms with Crippen molar-refractivity contribution in [3.05, 3.63) is 41.9 Å². The van der Waals surface area contributed by atoms with Gasteiger partial charge >= 0.3 is 0 Å².